The first-order valence-electron chi connectivity index (χ1n) is 8.22. The maximum Gasteiger partial charge on any atom is 0.262 e. The summed E-state index contributed by atoms with van der Waals surface area (Å²) in [5.74, 6) is 0.688. The summed E-state index contributed by atoms with van der Waals surface area (Å²) in [6.45, 7) is 7.25. The molecule has 134 valence electrons. The number of ether oxygens (including phenoxy) is 2. The topological polar surface area (TPSA) is 67.9 Å². The van der Waals surface area contributed by atoms with Crippen LogP contribution in [0.1, 0.15) is 26.3 Å². The van der Waals surface area contributed by atoms with Crippen molar-refractivity contribution >= 4 is 15.7 Å². The van der Waals surface area contributed by atoms with Crippen molar-refractivity contribution in [2.24, 2.45) is 0 Å². The molecule has 0 aliphatic carbocycles. The largest absolute Gasteiger partial charge is 0.491 e. The quantitative estimate of drug-likeness (QED) is 0.799. The van der Waals surface area contributed by atoms with Crippen LogP contribution in [0.5, 0.6) is 5.75 Å². The molecule has 0 aromatic heterocycles. The second kappa shape index (κ2) is 6.69. The third-order valence-electron chi connectivity index (χ3n) is 3.93. The molecule has 3 rings (SSSR count). The van der Waals surface area contributed by atoms with E-state index in [1.165, 1.54) is 0 Å². The first kappa shape index (κ1) is 17.8. The summed E-state index contributed by atoms with van der Waals surface area (Å²) in [4.78, 5) is 0.300. The zero-order valence-corrected chi connectivity index (χ0v) is 15.5. The lowest BCUT2D eigenvalue weighted by molar-refractivity contribution is 0.263. The highest BCUT2D eigenvalue weighted by Crippen LogP contribution is 2.30. The van der Waals surface area contributed by atoms with Crippen LogP contribution in [0.2, 0.25) is 0 Å². The normalized spacial score (nSPS) is 17.2. The highest BCUT2D eigenvalue weighted by atomic mass is 32.2. The zero-order valence-electron chi connectivity index (χ0n) is 14.7. The maximum atomic E-state index is 12.8. The Hall–Kier alpha value is -2.05. The standard InChI is InChI=1S/C19H23NO4S/c1-19(2,3)17-6-4-5-7-18(17)25(21,22)20-14-8-10-15(11-9-14)23-12-16-13-24-16/h4-11,16,20H,12-13H2,1-3H3. The van der Waals surface area contributed by atoms with E-state index in [-0.39, 0.29) is 11.5 Å². The Bertz CT molecular complexity index is 834. The van der Waals surface area contributed by atoms with Crippen LogP contribution in [-0.4, -0.2) is 27.7 Å². The molecule has 0 saturated carbocycles. The van der Waals surface area contributed by atoms with Gasteiger partial charge in [0, 0.05) is 5.69 Å². The Morgan fingerprint density at radius 2 is 1.76 bits per heavy atom. The summed E-state index contributed by atoms with van der Waals surface area (Å²) >= 11 is 0. The van der Waals surface area contributed by atoms with Gasteiger partial charge in [0.15, 0.2) is 0 Å². The molecule has 0 bridgehead atoms. The minimum absolute atomic E-state index is 0.187. The van der Waals surface area contributed by atoms with Crippen LogP contribution in [0.25, 0.3) is 0 Å². The molecule has 0 amide bonds. The van der Waals surface area contributed by atoms with Crippen molar-refractivity contribution in [3.05, 3.63) is 54.1 Å². The number of epoxide rings is 1. The molecule has 2 aromatic rings. The van der Waals surface area contributed by atoms with Gasteiger partial charge in [0.25, 0.3) is 10.0 Å². The van der Waals surface area contributed by atoms with Crippen molar-refractivity contribution in [3.63, 3.8) is 0 Å². The van der Waals surface area contributed by atoms with Gasteiger partial charge in [-0.2, -0.15) is 0 Å². The first-order valence-corrected chi connectivity index (χ1v) is 9.71. The van der Waals surface area contributed by atoms with E-state index in [9.17, 15) is 8.42 Å². The molecular formula is C19H23NO4S. The van der Waals surface area contributed by atoms with Crippen molar-refractivity contribution in [1.82, 2.24) is 0 Å². The molecule has 1 atom stereocenters. The van der Waals surface area contributed by atoms with Gasteiger partial charge in [-0.3, -0.25) is 4.72 Å². The molecule has 2 aromatic carbocycles. The third kappa shape index (κ3) is 4.52. The average molecular weight is 361 g/mol. The SMILES string of the molecule is CC(C)(C)c1ccccc1S(=O)(=O)Nc1ccc(OCC2CO2)cc1. The van der Waals surface area contributed by atoms with Crippen LogP contribution in [-0.2, 0) is 20.2 Å². The molecule has 6 heteroatoms. The fraction of sp³-hybridized carbons (Fsp3) is 0.368. The molecule has 1 N–H and O–H groups in total. The lowest BCUT2D eigenvalue weighted by atomic mass is 9.87. The maximum absolute atomic E-state index is 12.8. The molecule has 25 heavy (non-hydrogen) atoms. The number of hydrogen-bond acceptors (Lipinski definition) is 4. The molecule has 1 heterocycles. The predicted molar refractivity (Wildman–Crippen MR) is 97.6 cm³/mol. The highest BCUT2D eigenvalue weighted by Gasteiger charge is 2.25. The molecule has 1 aliphatic heterocycles. The van der Waals surface area contributed by atoms with E-state index in [2.05, 4.69) is 4.72 Å². The molecule has 1 unspecified atom stereocenters. The Morgan fingerprint density at radius 3 is 2.36 bits per heavy atom. The minimum Gasteiger partial charge on any atom is -0.491 e. The summed E-state index contributed by atoms with van der Waals surface area (Å²) in [5.41, 5.74) is 1.01. The highest BCUT2D eigenvalue weighted by molar-refractivity contribution is 7.92. The van der Waals surface area contributed by atoms with Gasteiger partial charge >= 0.3 is 0 Å². The number of sulfonamides is 1. The van der Waals surface area contributed by atoms with Crippen LogP contribution in [0.4, 0.5) is 5.69 Å². The molecule has 1 saturated heterocycles. The summed E-state index contributed by atoms with van der Waals surface area (Å²) in [7, 11) is -3.67. The number of rotatable bonds is 6. The fourth-order valence-electron chi connectivity index (χ4n) is 2.50. The van der Waals surface area contributed by atoms with Gasteiger partial charge in [-0.05, 0) is 41.3 Å². The fourth-order valence-corrected chi connectivity index (χ4v) is 3.98. The zero-order chi connectivity index (χ0) is 18.1. The van der Waals surface area contributed by atoms with Gasteiger partial charge in [-0.1, -0.05) is 39.0 Å². The second-order valence-corrected chi connectivity index (χ2v) is 8.79. The monoisotopic (exact) mass is 361 g/mol. The molecule has 0 radical (unpaired) electrons. The minimum atomic E-state index is -3.67. The first-order chi connectivity index (χ1) is 11.8. The van der Waals surface area contributed by atoms with Crippen LogP contribution >= 0.6 is 0 Å². The number of anilines is 1. The number of benzene rings is 2. The predicted octanol–water partition coefficient (Wildman–Crippen LogP) is 3.56. The van der Waals surface area contributed by atoms with E-state index < -0.39 is 10.0 Å². The molecule has 1 aliphatic rings. The van der Waals surface area contributed by atoms with Crippen LogP contribution in [0.3, 0.4) is 0 Å². The van der Waals surface area contributed by atoms with Crippen molar-refractivity contribution in [2.45, 2.75) is 37.2 Å². The van der Waals surface area contributed by atoms with Gasteiger partial charge in [0.1, 0.15) is 18.5 Å². The van der Waals surface area contributed by atoms with E-state index in [4.69, 9.17) is 9.47 Å². The van der Waals surface area contributed by atoms with Crippen molar-refractivity contribution in [2.75, 3.05) is 17.9 Å². The molecular weight excluding hydrogens is 338 g/mol. The van der Waals surface area contributed by atoms with Crippen LogP contribution < -0.4 is 9.46 Å². The van der Waals surface area contributed by atoms with Crippen molar-refractivity contribution in [1.29, 1.82) is 0 Å². The Morgan fingerprint density at radius 1 is 1.12 bits per heavy atom. The summed E-state index contributed by atoms with van der Waals surface area (Å²) < 4.78 is 38.9. The van der Waals surface area contributed by atoms with E-state index >= 15 is 0 Å². The van der Waals surface area contributed by atoms with E-state index in [1.807, 2.05) is 32.9 Å². The van der Waals surface area contributed by atoms with Crippen LogP contribution in [0, 0.1) is 0 Å². The van der Waals surface area contributed by atoms with Gasteiger partial charge in [0.2, 0.25) is 0 Å². The smallest absolute Gasteiger partial charge is 0.262 e. The number of nitrogens with one attached hydrogen (secondary N) is 1. The van der Waals surface area contributed by atoms with E-state index in [0.29, 0.717) is 22.9 Å². The van der Waals surface area contributed by atoms with Crippen LogP contribution in [0.15, 0.2) is 53.4 Å². The lowest BCUT2D eigenvalue weighted by Gasteiger charge is -2.23. The Labute approximate surface area is 149 Å². The van der Waals surface area contributed by atoms with Gasteiger partial charge < -0.3 is 9.47 Å². The summed E-state index contributed by atoms with van der Waals surface area (Å²) in [6, 6.07) is 14.0. The third-order valence-corrected chi connectivity index (χ3v) is 5.37. The molecule has 0 spiro atoms. The number of hydrogen-bond donors (Lipinski definition) is 1. The molecule has 1 fully saturated rings. The van der Waals surface area contributed by atoms with Crippen molar-refractivity contribution in [3.8, 4) is 5.75 Å². The summed E-state index contributed by atoms with van der Waals surface area (Å²) in [5, 5.41) is 0. The average Bonchev–Trinajstić information content (AvgIpc) is 3.37. The Balaban J connectivity index is 1.77. The van der Waals surface area contributed by atoms with Gasteiger partial charge in [0.05, 0.1) is 11.5 Å². The van der Waals surface area contributed by atoms with E-state index in [0.717, 1.165) is 12.2 Å². The van der Waals surface area contributed by atoms with Gasteiger partial charge in [-0.25, -0.2) is 8.42 Å². The van der Waals surface area contributed by atoms with Crippen molar-refractivity contribution < 1.29 is 17.9 Å². The van der Waals surface area contributed by atoms with Gasteiger partial charge in [-0.15, -0.1) is 0 Å². The second-order valence-electron chi connectivity index (χ2n) is 7.14. The summed E-state index contributed by atoms with van der Waals surface area (Å²) in [6.07, 6.45) is 0.187. The molecule has 5 nitrogen and oxygen atoms in total. The Kier molecular flexibility index (Phi) is 4.75. The lowest BCUT2D eigenvalue weighted by Crippen LogP contribution is -2.20. The van der Waals surface area contributed by atoms with E-state index in [1.54, 1.807) is 36.4 Å².